The second-order valence-corrected chi connectivity index (χ2v) is 5.55. The molecular weight excluding hydrogens is 342 g/mol. The molecule has 0 radical (unpaired) electrons. The maximum atomic E-state index is 12.0. The Balaban J connectivity index is 2.11. The van der Waals surface area contributed by atoms with E-state index >= 15 is 0 Å². The minimum atomic E-state index is -0.347. The summed E-state index contributed by atoms with van der Waals surface area (Å²) in [7, 11) is 0. The molecule has 2 aromatic rings. The molecule has 0 spiro atoms. The topological polar surface area (TPSA) is 49.3 Å². The number of carbonyl (C=O) groups excluding carboxylic acids is 1. The van der Waals surface area contributed by atoms with E-state index in [2.05, 4.69) is 21.2 Å². The average molecular weight is 355 g/mol. The Bertz CT molecular complexity index is 614. The lowest BCUT2D eigenvalue weighted by Crippen LogP contribution is -2.12. The predicted octanol–water partition coefficient (Wildman–Crippen LogP) is 4.19. The van der Waals surface area contributed by atoms with Crippen LogP contribution in [0.2, 0.25) is 0 Å². The number of phenolic OH excluding ortho intramolecular Hbond substituents is 1. The van der Waals surface area contributed by atoms with E-state index in [0.29, 0.717) is 11.6 Å². The van der Waals surface area contributed by atoms with E-state index in [1.807, 2.05) is 24.3 Å². The summed E-state index contributed by atoms with van der Waals surface area (Å²) >= 11 is 8.90. The molecular formula is C15H13BrClNO2. The molecule has 0 aliphatic rings. The van der Waals surface area contributed by atoms with Crippen LogP contribution in [0.1, 0.15) is 15.9 Å². The van der Waals surface area contributed by atoms with Crippen molar-refractivity contribution in [3.63, 3.8) is 0 Å². The number of hydrogen-bond acceptors (Lipinski definition) is 2. The van der Waals surface area contributed by atoms with Crippen molar-refractivity contribution >= 4 is 39.1 Å². The first-order valence-electron chi connectivity index (χ1n) is 6.05. The zero-order valence-electron chi connectivity index (χ0n) is 10.6. The van der Waals surface area contributed by atoms with E-state index < -0.39 is 0 Å². The van der Waals surface area contributed by atoms with E-state index in [0.717, 1.165) is 16.5 Å². The second kappa shape index (κ2) is 6.77. The van der Waals surface area contributed by atoms with E-state index in [9.17, 15) is 9.90 Å². The third-order valence-electron chi connectivity index (χ3n) is 2.80. The first-order valence-corrected chi connectivity index (χ1v) is 7.37. The van der Waals surface area contributed by atoms with Crippen LogP contribution in [-0.4, -0.2) is 16.9 Å². The van der Waals surface area contributed by atoms with E-state index in [4.69, 9.17) is 11.6 Å². The molecule has 1 amide bonds. The molecule has 0 unspecified atom stereocenters. The summed E-state index contributed by atoms with van der Waals surface area (Å²) in [6.07, 6.45) is 0.795. The van der Waals surface area contributed by atoms with Gasteiger partial charge in [-0.3, -0.25) is 4.79 Å². The Hall–Kier alpha value is -1.52. The molecule has 2 aromatic carbocycles. The molecule has 2 N–H and O–H groups in total. The molecule has 3 nitrogen and oxygen atoms in total. The quantitative estimate of drug-likeness (QED) is 0.809. The van der Waals surface area contributed by atoms with Gasteiger partial charge in [0.1, 0.15) is 5.75 Å². The Morgan fingerprint density at radius 3 is 2.50 bits per heavy atom. The van der Waals surface area contributed by atoms with Crippen LogP contribution < -0.4 is 5.32 Å². The van der Waals surface area contributed by atoms with Gasteiger partial charge in [0.15, 0.2) is 0 Å². The average Bonchev–Trinajstić information content (AvgIpc) is 2.41. The molecule has 0 bridgehead atoms. The van der Waals surface area contributed by atoms with Crippen molar-refractivity contribution in [3.05, 3.63) is 58.1 Å². The number of nitrogens with one attached hydrogen (secondary N) is 1. The maximum Gasteiger partial charge on any atom is 0.259 e. The molecule has 0 heterocycles. The van der Waals surface area contributed by atoms with Crippen LogP contribution in [0.15, 0.2) is 46.9 Å². The summed E-state index contributed by atoms with van der Waals surface area (Å²) in [5, 5.41) is 12.5. The highest BCUT2D eigenvalue weighted by atomic mass is 79.9. The zero-order chi connectivity index (χ0) is 14.5. The molecule has 0 aliphatic carbocycles. The maximum absolute atomic E-state index is 12.0. The molecule has 0 aromatic heterocycles. The van der Waals surface area contributed by atoms with Crippen molar-refractivity contribution in [2.75, 3.05) is 11.2 Å². The molecule has 0 aliphatic heterocycles. The molecule has 0 fully saturated rings. The Morgan fingerprint density at radius 2 is 1.90 bits per heavy atom. The normalized spacial score (nSPS) is 10.3. The summed E-state index contributed by atoms with van der Waals surface area (Å²) in [6.45, 7) is 0. The highest BCUT2D eigenvalue weighted by Gasteiger charge is 2.11. The second-order valence-electron chi connectivity index (χ2n) is 4.25. The fraction of sp³-hybridized carbons (Fsp3) is 0.133. The lowest BCUT2D eigenvalue weighted by Gasteiger charge is -2.08. The van der Waals surface area contributed by atoms with Gasteiger partial charge in [0.05, 0.1) is 5.56 Å². The highest BCUT2D eigenvalue weighted by Crippen LogP contribution is 2.23. The first kappa shape index (κ1) is 14.9. The summed E-state index contributed by atoms with van der Waals surface area (Å²) in [5.74, 6) is 0.161. The van der Waals surface area contributed by atoms with Crippen LogP contribution in [-0.2, 0) is 6.42 Å². The van der Waals surface area contributed by atoms with Gasteiger partial charge < -0.3 is 10.4 Å². The van der Waals surface area contributed by atoms with Crippen molar-refractivity contribution in [2.24, 2.45) is 0 Å². The molecule has 0 saturated heterocycles. The minimum Gasteiger partial charge on any atom is -0.507 e. The number of hydrogen-bond donors (Lipinski definition) is 2. The molecule has 2 rings (SSSR count). The van der Waals surface area contributed by atoms with Crippen LogP contribution in [0, 0.1) is 0 Å². The highest BCUT2D eigenvalue weighted by molar-refractivity contribution is 9.10. The summed E-state index contributed by atoms with van der Waals surface area (Å²) in [5.41, 5.74) is 2.03. The zero-order valence-corrected chi connectivity index (χ0v) is 12.9. The number of benzene rings is 2. The van der Waals surface area contributed by atoms with Gasteiger partial charge in [-0.15, -0.1) is 11.6 Å². The van der Waals surface area contributed by atoms with Crippen LogP contribution in [0.3, 0.4) is 0 Å². The van der Waals surface area contributed by atoms with Crippen molar-refractivity contribution in [1.29, 1.82) is 0 Å². The van der Waals surface area contributed by atoms with Gasteiger partial charge in [0.2, 0.25) is 0 Å². The summed E-state index contributed by atoms with van der Waals surface area (Å²) < 4.78 is 0.719. The molecule has 0 saturated carbocycles. The van der Waals surface area contributed by atoms with Crippen LogP contribution in [0.25, 0.3) is 0 Å². The van der Waals surface area contributed by atoms with E-state index in [-0.39, 0.29) is 17.2 Å². The Morgan fingerprint density at radius 1 is 1.20 bits per heavy atom. The van der Waals surface area contributed by atoms with Gasteiger partial charge in [-0.05, 0) is 42.3 Å². The number of aromatic hydroxyl groups is 1. The van der Waals surface area contributed by atoms with E-state index in [1.54, 1.807) is 12.1 Å². The molecule has 0 atom stereocenters. The number of halogens is 2. The van der Waals surface area contributed by atoms with Gasteiger partial charge in [-0.25, -0.2) is 0 Å². The predicted molar refractivity (Wildman–Crippen MR) is 84.6 cm³/mol. The number of alkyl halides is 1. The SMILES string of the molecule is O=C(Nc1ccc(CCCl)cc1)c1ccc(Br)cc1O. The van der Waals surface area contributed by atoms with Crippen LogP contribution in [0.5, 0.6) is 5.75 Å². The summed E-state index contributed by atoms with van der Waals surface area (Å²) in [6, 6.07) is 12.2. The third-order valence-corrected chi connectivity index (χ3v) is 3.48. The van der Waals surface area contributed by atoms with Gasteiger partial charge >= 0.3 is 0 Å². The Labute approximate surface area is 130 Å². The molecule has 5 heteroatoms. The van der Waals surface area contributed by atoms with Crippen molar-refractivity contribution in [2.45, 2.75) is 6.42 Å². The lowest BCUT2D eigenvalue weighted by atomic mass is 10.1. The van der Waals surface area contributed by atoms with Crippen molar-refractivity contribution in [1.82, 2.24) is 0 Å². The van der Waals surface area contributed by atoms with Crippen LogP contribution in [0.4, 0.5) is 5.69 Å². The monoisotopic (exact) mass is 353 g/mol. The lowest BCUT2D eigenvalue weighted by molar-refractivity contribution is 0.102. The van der Waals surface area contributed by atoms with Crippen molar-refractivity contribution in [3.8, 4) is 5.75 Å². The van der Waals surface area contributed by atoms with Gasteiger partial charge in [-0.1, -0.05) is 28.1 Å². The number of rotatable bonds is 4. The molecule has 104 valence electrons. The van der Waals surface area contributed by atoms with Gasteiger partial charge in [0, 0.05) is 16.0 Å². The smallest absolute Gasteiger partial charge is 0.259 e. The third kappa shape index (κ3) is 3.74. The number of anilines is 1. The number of phenols is 1. The minimum absolute atomic E-state index is 0.0596. The van der Waals surface area contributed by atoms with Crippen molar-refractivity contribution < 1.29 is 9.90 Å². The number of aryl methyl sites for hydroxylation is 1. The Kier molecular flexibility index (Phi) is 5.04. The van der Waals surface area contributed by atoms with E-state index in [1.165, 1.54) is 6.07 Å². The molecule has 20 heavy (non-hydrogen) atoms. The largest absolute Gasteiger partial charge is 0.507 e. The fourth-order valence-corrected chi connectivity index (χ4v) is 2.33. The fourth-order valence-electron chi connectivity index (χ4n) is 1.76. The van der Waals surface area contributed by atoms with Crippen LogP contribution >= 0.6 is 27.5 Å². The first-order chi connectivity index (χ1) is 9.60. The van der Waals surface area contributed by atoms with Gasteiger partial charge in [0.25, 0.3) is 5.91 Å². The van der Waals surface area contributed by atoms with Gasteiger partial charge in [-0.2, -0.15) is 0 Å². The standard InChI is InChI=1S/C15H13BrClNO2/c16-11-3-6-13(14(19)9-11)15(20)18-12-4-1-10(2-5-12)7-8-17/h1-6,9,19H,7-8H2,(H,18,20). The number of amides is 1. The number of carbonyl (C=O) groups is 1. The summed E-state index contributed by atoms with van der Waals surface area (Å²) in [4.78, 5) is 12.0.